The van der Waals surface area contributed by atoms with Crippen molar-refractivity contribution in [3.8, 4) is 6.07 Å². The smallest absolute Gasteiger partial charge is 0.352 e. The number of carboxylic acids is 1. The maximum atomic E-state index is 12.2. The first-order valence-electron chi connectivity index (χ1n) is 5.85. The fourth-order valence-corrected chi connectivity index (χ4v) is 3.39. The zero-order chi connectivity index (χ0) is 15.7. The number of aromatic amines is 1. The van der Waals surface area contributed by atoms with Gasteiger partial charge in [0.1, 0.15) is 10.6 Å². The Hall–Kier alpha value is -1.85. The molecule has 0 atom stereocenters. The van der Waals surface area contributed by atoms with Crippen molar-refractivity contribution in [2.45, 2.75) is 32.6 Å². The van der Waals surface area contributed by atoms with Gasteiger partial charge in [0.2, 0.25) is 10.0 Å². The Balaban J connectivity index is 3.18. The van der Waals surface area contributed by atoms with E-state index < -0.39 is 21.4 Å². The number of aromatic carboxylic acids is 1. The van der Waals surface area contributed by atoms with Gasteiger partial charge in [-0.3, -0.25) is 0 Å². The van der Waals surface area contributed by atoms with Crippen molar-refractivity contribution in [2.24, 2.45) is 5.41 Å². The van der Waals surface area contributed by atoms with Gasteiger partial charge < -0.3 is 10.1 Å². The quantitative estimate of drug-likeness (QED) is 0.752. The van der Waals surface area contributed by atoms with E-state index in [-0.39, 0.29) is 28.4 Å². The number of H-pyrrole nitrogens is 1. The molecule has 0 saturated carbocycles. The van der Waals surface area contributed by atoms with Crippen LogP contribution in [0.15, 0.2) is 4.90 Å². The van der Waals surface area contributed by atoms with Crippen LogP contribution in [-0.2, 0) is 10.0 Å². The van der Waals surface area contributed by atoms with Crippen molar-refractivity contribution in [3.05, 3.63) is 17.0 Å². The Morgan fingerprint density at radius 3 is 2.40 bits per heavy atom. The van der Waals surface area contributed by atoms with E-state index in [1.54, 1.807) is 13.8 Å². The van der Waals surface area contributed by atoms with Crippen LogP contribution in [-0.4, -0.2) is 31.0 Å². The topological polar surface area (TPSA) is 123 Å². The number of nitrogens with one attached hydrogen (secondary N) is 2. The standard InChI is InChI=1S/C12H17N3O4S/c1-7-9(11(16)17)15-8(2)10(7)20(18,19)14-6-12(3,4)5-13/h14-15H,6H2,1-4H3,(H,16,17). The van der Waals surface area contributed by atoms with Gasteiger partial charge in [-0.05, 0) is 27.7 Å². The van der Waals surface area contributed by atoms with E-state index in [0.29, 0.717) is 0 Å². The van der Waals surface area contributed by atoms with E-state index in [1.807, 2.05) is 6.07 Å². The van der Waals surface area contributed by atoms with Gasteiger partial charge >= 0.3 is 5.97 Å². The molecular formula is C12H17N3O4S. The summed E-state index contributed by atoms with van der Waals surface area (Å²) < 4.78 is 26.8. The monoisotopic (exact) mass is 299 g/mol. The molecule has 0 fully saturated rings. The Kier molecular flexibility index (Phi) is 4.27. The van der Waals surface area contributed by atoms with Gasteiger partial charge in [-0.25, -0.2) is 17.9 Å². The second kappa shape index (κ2) is 5.26. The Morgan fingerprint density at radius 2 is 2.00 bits per heavy atom. The van der Waals surface area contributed by atoms with Gasteiger partial charge in [-0.1, -0.05) is 0 Å². The SMILES string of the molecule is Cc1[nH]c(C(=O)O)c(C)c1S(=O)(=O)NCC(C)(C)C#N. The first-order chi connectivity index (χ1) is 9.02. The van der Waals surface area contributed by atoms with Gasteiger partial charge in [-0.2, -0.15) is 5.26 Å². The lowest BCUT2D eigenvalue weighted by Crippen LogP contribution is -2.33. The average molecular weight is 299 g/mol. The molecule has 20 heavy (non-hydrogen) atoms. The predicted molar refractivity (Wildman–Crippen MR) is 71.8 cm³/mol. The summed E-state index contributed by atoms with van der Waals surface area (Å²) in [5.74, 6) is -1.22. The Bertz CT molecular complexity index is 680. The molecule has 0 aliphatic rings. The summed E-state index contributed by atoms with van der Waals surface area (Å²) in [7, 11) is -3.87. The second-order valence-corrected chi connectivity index (χ2v) is 6.91. The highest BCUT2D eigenvalue weighted by atomic mass is 32.2. The van der Waals surface area contributed by atoms with Gasteiger partial charge in [0.15, 0.2) is 0 Å². The fraction of sp³-hybridized carbons (Fsp3) is 0.500. The van der Waals surface area contributed by atoms with E-state index in [4.69, 9.17) is 10.4 Å². The van der Waals surface area contributed by atoms with Crippen LogP contribution in [0.1, 0.15) is 35.6 Å². The van der Waals surface area contributed by atoms with E-state index >= 15 is 0 Å². The zero-order valence-corrected chi connectivity index (χ0v) is 12.6. The Labute approximate surface area is 117 Å². The third-order valence-corrected chi connectivity index (χ3v) is 4.53. The van der Waals surface area contributed by atoms with Crippen molar-refractivity contribution in [1.82, 2.24) is 9.71 Å². The third-order valence-electron chi connectivity index (χ3n) is 2.86. The molecule has 1 rings (SSSR count). The first kappa shape index (κ1) is 16.2. The van der Waals surface area contributed by atoms with Crippen molar-refractivity contribution < 1.29 is 18.3 Å². The van der Waals surface area contributed by atoms with Gasteiger partial charge in [-0.15, -0.1) is 0 Å². The molecular weight excluding hydrogens is 282 g/mol. The van der Waals surface area contributed by atoms with Crippen LogP contribution in [0.25, 0.3) is 0 Å². The zero-order valence-electron chi connectivity index (χ0n) is 11.7. The lowest BCUT2D eigenvalue weighted by molar-refractivity contribution is 0.0690. The van der Waals surface area contributed by atoms with E-state index in [9.17, 15) is 13.2 Å². The number of nitrogens with zero attached hydrogens (tertiary/aromatic N) is 1. The lowest BCUT2D eigenvalue weighted by atomic mass is 9.97. The molecule has 0 unspecified atom stereocenters. The first-order valence-corrected chi connectivity index (χ1v) is 7.33. The largest absolute Gasteiger partial charge is 0.477 e. The molecule has 0 aliphatic carbocycles. The number of aromatic nitrogens is 1. The minimum absolute atomic E-state index is 0.0572. The summed E-state index contributed by atoms with van der Waals surface area (Å²) in [4.78, 5) is 13.5. The van der Waals surface area contributed by atoms with E-state index in [2.05, 4.69) is 9.71 Å². The molecule has 7 nitrogen and oxygen atoms in total. The molecule has 0 bridgehead atoms. The number of hydrogen-bond acceptors (Lipinski definition) is 4. The molecule has 0 saturated heterocycles. The van der Waals surface area contributed by atoms with Crippen molar-refractivity contribution in [3.63, 3.8) is 0 Å². The highest BCUT2D eigenvalue weighted by Gasteiger charge is 2.28. The van der Waals surface area contributed by atoms with Crippen LogP contribution in [0.2, 0.25) is 0 Å². The number of hydrogen-bond donors (Lipinski definition) is 3. The van der Waals surface area contributed by atoms with Crippen LogP contribution >= 0.6 is 0 Å². The second-order valence-electron chi connectivity index (χ2n) is 5.20. The van der Waals surface area contributed by atoms with E-state index in [1.165, 1.54) is 13.8 Å². The fourth-order valence-electron chi connectivity index (χ4n) is 1.74. The third kappa shape index (κ3) is 3.18. The molecule has 110 valence electrons. The summed E-state index contributed by atoms with van der Waals surface area (Å²) in [6.07, 6.45) is 0. The van der Waals surface area contributed by atoms with Gasteiger partial charge in [0.25, 0.3) is 0 Å². The average Bonchev–Trinajstić information content (AvgIpc) is 2.63. The normalized spacial score (nSPS) is 12.2. The van der Waals surface area contributed by atoms with Crippen LogP contribution in [0, 0.1) is 30.6 Å². The number of carboxylic acid groups (broad SMARTS) is 1. The highest BCUT2D eigenvalue weighted by Crippen LogP contribution is 2.23. The van der Waals surface area contributed by atoms with Crippen molar-refractivity contribution >= 4 is 16.0 Å². The minimum Gasteiger partial charge on any atom is -0.477 e. The van der Waals surface area contributed by atoms with Crippen molar-refractivity contribution in [1.29, 1.82) is 5.26 Å². The minimum atomic E-state index is -3.87. The Morgan fingerprint density at radius 1 is 1.45 bits per heavy atom. The number of nitriles is 1. The number of aryl methyl sites for hydroxylation is 1. The molecule has 1 aromatic rings. The molecule has 3 N–H and O–H groups in total. The van der Waals surface area contributed by atoms with Gasteiger partial charge in [0, 0.05) is 17.8 Å². The summed E-state index contributed by atoms with van der Waals surface area (Å²) in [5, 5.41) is 17.9. The highest BCUT2D eigenvalue weighted by molar-refractivity contribution is 7.89. The number of rotatable bonds is 5. The molecule has 0 aliphatic heterocycles. The summed E-state index contributed by atoms with van der Waals surface area (Å²) in [5.41, 5.74) is -0.595. The summed E-state index contributed by atoms with van der Waals surface area (Å²) in [6.45, 7) is 6.07. The molecule has 1 aromatic heterocycles. The summed E-state index contributed by atoms with van der Waals surface area (Å²) >= 11 is 0. The lowest BCUT2D eigenvalue weighted by Gasteiger charge is -2.16. The maximum Gasteiger partial charge on any atom is 0.352 e. The van der Waals surface area contributed by atoms with Gasteiger partial charge in [0.05, 0.1) is 11.5 Å². The molecule has 0 radical (unpaired) electrons. The number of carbonyl (C=O) groups is 1. The molecule has 0 aromatic carbocycles. The maximum absolute atomic E-state index is 12.2. The molecule has 0 spiro atoms. The van der Waals surface area contributed by atoms with Crippen LogP contribution in [0.5, 0.6) is 0 Å². The van der Waals surface area contributed by atoms with Crippen molar-refractivity contribution in [2.75, 3.05) is 6.54 Å². The summed E-state index contributed by atoms with van der Waals surface area (Å²) in [6, 6.07) is 1.99. The number of sulfonamides is 1. The van der Waals surface area contributed by atoms with E-state index in [0.717, 1.165) is 0 Å². The molecule has 8 heteroatoms. The molecule has 1 heterocycles. The van der Waals surface area contributed by atoms with Crippen LogP contribution < -0.4 is 4.72 Å². The molecule has 0 amide bonds. The van der Waals surface area contributed by atoms with Crippen LogP contribution in [0.4, 0.5) is 0 Å². The van der Waals surface area contributed by atoms with Crippen LogP contribution in [0.3, 0.4) is 0 Å². The predicted octanol–water partition coefficient (Wildman–Crippen LogP) is 1.16.